The number of aromatic nitrogens is 4. The van der Waals surface area contributed by atoms with Crippen LogP contribution in [0.2, 0.25) is 0 Å². The smallest absolute Gasteiger partial charge is 0.274 e. The molecule has 0 aromatic carbocycles. The molecule has 3 aromatic rings. The van der Waals surface area contributed by atoms with E-state index in [1.54, 1.807) is 54.0 Å². The minimum absolute atomic E-state index is 0.144. The SMILES string of the molecule is CCN(C)C(=O)c1cc(-c2ccc(CNSC)cn2)n(-c2ccc(OC)nc2)n1. The van der Waals surface area contributed by atoms with Gasteiger partial charge in [-0.15, -0.1) is 0 Å². The van der Waals surface area contributed by atoms with Gasteiger partial charge in [0.05, 0.1) is 30.4 Å². The van der Waals surface area contributed by atoms with E-state index in [-0.39, 0.29) is 5.91 Å². The van der Waals surface area contributed by atoms with Crippen molar-refractivity contribution in [3.8, 4) is 23.0 Å². The van der Waals surface area contributed by atoms with Gasteiger partial charge in [-0.25, -0.2) is 9.67 Å². The molecule has 0 bridgehead atoms. The van der Waals surface area contributed by atoms with Crippen LogP contribution in [0.3, 0.4) is 0 Å². The van der Waals surface area contributed by atoms with Gasteiger partial charge in [-0.3, -0.25) is 14.5 Å². The Balaban J connectivity index is 2.03. The van der Waals surface area contributed by atoms with E-state index in [1.165, 1.54) is 0 Å². The zero-order valence-corrected chi connectivity index (χ0v) is 17.7. The summed E-state index contributed by atoms with van der Waals surface area (Å²) in [4.78, 5) is 23.1. The molecule has 3 rings (SSSR count). The first-order valence-electron chi connectivity index (χ1n) is 9.14. The van der Waals surface area contributed by atoms with Crippen LogP contribution < -0.4 is 9.46 Å². The first-order valence-corrected chi connectivity index (χ1v) is 10.4. The molecule has 0 aliphatic carbocycles. The van der Waals surface area contributed by atoms with Crippen molar-refractivity contribution in [3.05, 3.63) is 54.0 Å². The van der Waals surface area contributed by atoms with E-state index in [4.69, 9.17) is 4.74 Å². The Bertz CT molecular complexity index is 956. The molecule has 0 spiro atoms. The van der Waals surface area contributed by atoms with E-state index in [2.05, 4.69) is 19.8 Å². The number of pyridine rings is 2. The second-order valence-corrected chi connectivity index (χ2v) is 6.98. The second kappa shape index (κ2) is 9.53. The molecule has 152 valence electrons. The van der Waals surface area contributed by atoms with Crippen molar-refractivity contribution in [2.24, 2.45) is 0 Å². The molecule has 3 heterocycles. The highest BCUT2D eigenvalue weighted by molar-refractivity contribution is 7.96. The highest BCUT2D eigenvalue weighted by Crippen LogP contribution is 2.24. The summed E-state index contributed by atoms with van der Waals surface area (Å²) in [5.74, 6) is 0.364. The third-order valence-corrected chi connectivity index (χ3v) is 4.86. The second-order valence-electron chi connectivity index (χ2n) is 6.28. The van der Waals surface area contributed by atoms with Crippen LogP contribution >= 0.6 is 11.9 Å². The number of nitrogens with zero attached hydrogens (tertiary/aromatic N) is 5. The summed E-state index contributed by atoms with van der Waals surface area (Å²) in [6.45, 7) is 3.24. The van der Waals surface area contributed by atoms with Crippen molar-refractivity contribution in [2.75, 3.05) is 27.0 Å². The predicted octanol–water partition coefficient (Wildman–Crippen LogP) is 2.80. The third-order valence-electron chi connectivity index (χ3n) is 4.43. The third kappa shape index (κ3) is 4.75. The van der Waals surface area contributed by atoms with E-state index in [0.717, 1.165) is 17.8 Å². The van der Waals surface area contributed by atoms with Crippen LogP contribution in [-0.4, -0.2) is 57.5 Å². The van der Waals surface area contributed by atoms with E-state index < -0.39 is 0 Å². The average molecular weight is 413 g/mol. The van der Waals surface area contributed by atoms with E-state index in [0.29, 0.717) is 29.5 Å². The van der Waals surface area contributed by atoms with Gasteiger partial charge in [-0.05, 0) is 36.9 Å². The van der Waals surface area contributed by atoms with Crippen molar-refractivity contribution in [1.29, 1.82) is 0 Å². The summed E-state index contributed by atoms with van der Waals surface area (Å²) >= 11 is 1.56. The van der Waals surface area contributed by atoms with E-state index >= 15 is 0 Å². The van der Waals surface area contributed by atoms with Crippen LogP contribution in [0.1, 0.15) is 23.0 Å². The number of hydrogen-bond acceptors (Lipinski definition) is 7. The molecule has 29 heavy (non-hydrogen) atoms. The summed E-state index contributed by atoms with van der Waals surface area (Å²) in [6.07, 6.45) is 5.46. The molecule has 0 fully saturated rings. The van der Waals surface area contributed by atoms with Crippen LogP contribution in [0.4, 0.5) is 0 Å². The summed E-state index contributed by atoms with van der Waals surface area (Å²) in [5.41, 5.74) is 3.58. The van der Waals surface area contributed by atoms with Crippen molar-refractivity contribution in [2.45, 2.75) is 13.5 Å². The van der Waals surface area contributed by atoms with Crippen molar-refractivity contribution in [1.82, 2.24) is 29.4 Å². The number of hydrogen-bond donors (Lipinski definition) is 1. The van der Waals surface area contributed by atoms with Crippen molar-refractivity contribution < 1.29 is 9.53 Å². The lowest BCUT2D eigenvalue weighted by molar-refractivity contribution is 0.0796. The standard InChI is InChI=1S/C20H24N6O2S/c1-5-25(2)20(27)17-10-18(16-8-6-14(11-21-16)12-23-29-4)26(24-17)15-7-9-19(28-3)22-13-15/h6-11,13,23H,5,12H2,1-4H3. The largest absolute Gasteiger partial charge is 0.481 e. The Morgan fingerprint density at radius 3 is 2.66 bits per heavy atom. The summed E-state index contributed by atoms with van der Waals surface area (Å²) < 4.78 is 10.0. The fraction of sp³-hybridized carbons (Fsp3) is 0.300. The highest BCUT2D eigenvalue weighted by Gasteiger charge is 2.20. The molecule has 0 aliphatic heterocycles. The molecular formula is C20H24N6O2S. The fourth-order valence-corrected chi connectivity index (χ4v) is 2.97. The number of carbonyl (C=O) groups excluding carboxylic acids is 1. The van der Waals surface area contributed by atoms with Crippen LogP contribution in [0, 0.1) is 0 Å². The Hall–Kier alpha value is -2.91. The van der Waals surface area contributed by atoms with Gasteiger partial charge in [0.2, 0.25) is 5.88 Å². The Labute approximate surface area is 174 Å². The maximum Gasteiger partial charge on any atom is 0.274 e. The molecule has 1 N–H and O–H groups in total. The number of nitrogens with one attached hydrogen (secondary N) is 1. The van der Waals surface area contributed by atoms with Crippen LogP contribution in [-0.2, 0) is 6.54 Å². The van der Waals surface area contributed by atoms with E-state index in [1.807, 2.05) is 37.6 Å². The van der Waals surface area contributed by atoms with Gasteiger partial charge < -0.3 is 9.64 Å². The molecule has 1 amide bonds. The Morgan fingerprint density at radius 1 is 1.24 bits per heavy atom. The molecule has 0 aliphatic rings. The molecule has 0 saturated heterocycles. The maximum absolute atomic E-state index is 12.7. The summed E-state index contributed by atoms with van der Waals surface area (Å²) in [6, 6.07) is 9.30. The van der Waals surface area contributed by atoms with Crippen molar-refractivity contribution >= 4 is 17.9 Å². The molecule has 9 heteroatoms. The molecule has 0 saturated carbocycles. The van der Waals surface area contributed by atoms with Gasteiger partial charge in [0, 0.05) is 32.4 Å². The molecule has 8 nitrogen and oxygen atoms in total. The summed E-state index contributed by atoms with van der Waals surface area (Å²) in [5, 5.41) is 4.54. The number of ether oxygens (including phenoxy) is 1. The fourth-order valence-electron chi connectivity index (χ4n) is 2.66. The van der Waals surface area contributed by atoms with Gasteiger partial charge in [0.25, 0.3) is 5.91 Å². The molecule has 0 unspecified atom stereocenters. The lowest BCUT2D eigenvalue weighted by atomic mass is 10.2. The van der Waals surface area contributed by atoms with E-state index in [9.17, 15) is 4.79 Å². The van der Waals surface area contributed by atoms with Crippen LogP contribution in [0.5, 0.6) is 5.88 Å². The molecular weight excluding hydrogens is 388 g/mol. The van der Waals surface area contributed by atoms with Gasteiger partial charge in [0.1, 0.15) is 0 Å². The average Bonchev–Trinajstić information content (AvgIpc) is 3.22. The van der Waals surface area contributed by atoms with Crippen LogP contribution in [0.15, 0.2) is 42.7 Å². The number of carbonyl (C=O) groups is 1. The minimum Gasteiger partial charge on any atom is -0.481 e. The molecule has 3 aromatic heterocycles. The zero-order valence-electron chi connectivity index (χ0n) is 16.9. The van der Waals surface area contributed by atoms with Crippen LogP contribution in [0.25, 0.3) is 17.1 Å². The van der Waals surface area contributed by atoms with Gasteiger partial charge in [0.15, 0.2) is 5.69 Å². The Kier molecular flexibility index (Phi) is 6.84. The maximum atomic E-state index is 12.7. The lowest BCUT2D eigenvalue weighted by Crippen LogP contribution is -2.26. The monoisotopic (exact) mass is 412 g/mol. The molecule has 0 atom stereocenters. The lowest BCUT2D eigenvalue weighted by Gasteiger charge is -2.11. The van der Waals surface area contributed by atoms with Gasteiger partial charge >= 0.3 is 0 Å². The van der Waals surface area contributed by atoms with Gasteiger partial charge in [-0.1, -0.05) is 18.0 Å². The minimum atomic E-state index is -0.144. The number of methoxy groups -OCH3 is 1. The highest BCUT2D eigenvalue weighted by atomic mass is 32.2. The first-order chi connectivity index (χ1) is 14.1. The zero-order chi connectivity index (χ0) is 20.8. The normalized spacial score (nSPS) is 10.8. The first kappa shape index (κ1) is 20.8. The number of rotatable bonds is 8. The number of amides is 1. The summed E-state index contributed by atoms with van der Waals surface area (Å²) in [7, 11) is 3.32. The predicted molar refractivity (Wildman–Crippen MR) is 114 cm³/mol. The topological polar surface area (TPSA) is 85.2 Å². The van der Waals surface area contributed by atoms with Gasteiger partial charge in [-0.2, -0.15) is 5.10 Å². The quantitative estimate of drug-likeness (QED) is 0.570. The van der Waals surface area contributed by atoms with Crippen molar-refractivity contribution in [3.63, 3.8) is 0 Å². The Morgan fingerprint density at radius 2 is 2.07 bits per heavy atom. The molecule has 0 radical (unpaired) electrons.